The van der Waals surface area contributed by atoms with E-state index in [-0.39, 0.29) is 21.4 Å². The molecular formula is C23H19F4NO6S. The van der Waals surface area contributed by atoms with Crippen molar-refractivity contribution in [3.63, 3.8) is 0 Å². The second kappa shape index (κ2) is 9.53. The van der Waals surface area contributed by atoms with Gasteiger partial charge in [0.2, 0.25) is 0 Å². The van der Waals surface area contributed by atoms with E-state index in [1.54, 1.807) is 0 Å². The molecule has 0 bridgehead atoms. The quantitative estimate of drug-likeness (QED) is 0.206. The summed E-state index contributed by atoms with van der Waals surface area (Å²) in [4.78, 5) is 24.4. The molecule has 1 atom stereocenters. The highest BCUT2D eigenvalue weighted by molar-refractivity contribution is 7.92. The first-order valence-electron chi connectivity index (χ1n) is 10.1. The van der Waals surface area contributed by atoms with Gasteiger partial charge in [0.1, 0.15) is 11.6 Å². The fourth-order valence-corrected chi connectivity index (χ4v) is 4.41. The number of hydrogen-bond acceptors (Lipinski definition) is 6. The smallest absolute Gasteiger partial charge is 0.451 e. The minimum absolute atomic E-state index is 0.0647. The summed E-state index contributed by atoms with van der Waals surface area (Å²) in [6, 6.07) is 10.0. The van der Waals surface area contributed by atoms with Crippen molar-refractivity contribution in [1.29, 1.82) is 0 Å². The molecule has 0 saturated carbocycles. The molecule has 1 unspecified atom stereocenters. The molecule has 0 aliphatic rings. The van der Waals surface area contributed by atoms with Crippen LogP contribution in [0, 0.1) is 5.82 Å². The number of benzene rings is 3. The summed E-state index contributed by atoms with van der Waals surface area (Å²) in [6.07, 6.45) is -6.35. The molecule has 186 valence electrons. The maximum absolute atomic E-state index is 13.4. The van der Waals surface area contributed by atoms with E-state index in [4.69, 9.17) is 4.74 Å². The Bertz CT molecular complexity index is 1390. The van der Waals surface area contributed by atoms with E-state index in [2.05, 4.69) is 4.72 Å². The third-order valence-corrected chi connectivity index (χ3v) is 6.24. The molecule has 0 saturated heterocycles. The number of carbonyl (C=O) groups is 2. The molecule has 0 amide bonds. The number of phenolic OH excluding ortho intramolecular Hbond substituents is 1. The number of hydrogen-bond donors (Lipinski definition) is 2. The van der Waals surface area contributed by atoms with Gasteiger partial charge < -0.3 is 9.84 Å². The molecule has 0 fully saturated rings. The Labute approximate surface area is 197 Å². The maximum atomic E-state index is 13.4. The Morgan fingerprint density at radius 3 is 2.11 bits per heavy atom. The number of aromatic hydroxyl groups is 1. The lowest BCUT2D eigenvalue weighted by molar-refractivity contribution is -0.178. The van der Waals surface area contributed by atoms with Gasteiger partial charge in [0.05, 0.1) is 16.7 Å². The zero-order chi connectivity index (χ0) is 26.1. The molecule has 0 spiro atoms. The fourth-order valence-electron chi connectivity index (χ4n) is 3.34. The molecule has 2 N–H and O–H groups in total. The number of carbonyl (C=O) groups excluding carboxylic acids is 2. The van der Waals surface area contributed by atoms with E-state index >= 15 is 0 Å². The van der Waals surface area contributed by atoms with Gasteiger partial charge in [-0.05, 0) is 44.2 Å². The van der Waals surface area contributed by atoms with Crippen LogP contribution in [0.25, 0.3) is 10.8 Å². The Hall–Kier alpha value is -3.67. The number of halogens is 4. The molecule has 7 nitrogen and oxygen atoms in total. The molecule has 0 aromatic heterocycles. The van der Waals surface area contributed by atoms with Crippen molar-refractivity contribution in [3.05, 3.63) is 66.0 Å². The number of ether oxygens (including phenoxy) is 1. The monoisotopic (exact) mass is 513 g/mol. The van der Waals surface area contributed by atoms with Gasteiger partial charge in [-0.1, -0.05) is 24.3 Å². The summed E-state index contributed by atoms with van der Waals surface area (Å²) in [6.45, 7) is 2.71. The highest BCUT2D eigenvalue weighted by Crippen LogP contribution is 2.41. The zero-order valence-corrected chi connectivity index (χ0v) is 19.1. The van der Waals surface area contributed by atoms with Crippen molar-refractivity contribution < 1.29 is 45.4 Å². The second-order valence-corrected chi connectivity index (χ2v) is 9.43. The van der Waals surface area contributed by atoms with Crippen molar-refractivity contribution in [1.82, 2.24) is 0 Å². The molecule has 3 aromatic carbocycles. The third-order valence-electron chi connectivity index (χ3n) is 4.85. The number of rotatable bonds is 7. The van der Waals surface area contributed by atoms with Crippen LogP contribution in [-0.2, 0) is 24.3 Å². The van der Waals surface area contributed by atoms with Gasteiger partial charge in [-0.2, -0.15) is 13.2 Å². The molecule has 3 rings (SSSR count). The zero-order valence-electron chi connectivity index (χ0n) is 18.3. The minimum atomic E-state index is -5.47. The summed E-state index contributed by atoms with van der Waals surface area (Å²) < 4.78 is 86.1. The number of esters is 1. The average molecular weight is 513 g/mol. The van der Waals surface area contributed by atoms with Crippen molar-refractivity contribution in [2.24, 2.45) is 0 Å². The molecule has 35 heavy (non-hydrogen) atoms. The van der Waals surface area contributed by atoms with Crippen LogP contribution in [0.2, 0.25) is 0 Å². The maximum Gasteiger partial charge on any atom is 0.451 e. The van der Waals surface area contributed by atoms with E-state index in [9.17, 15) is 40.7 Å². The Kier molecular flexibility index (Phi) is 7.06. The predicted octanol–water partition coefficient (Wildman–Crippen LogP) is 4.65. The summed E-state index contributed by atoms with van der Waals surface area (Å²) in [7, 11) is -4.39. The first kappa shape index (κ1) is 25.9. The molecule has 0 heterocycles. The second-order valence-electron chi connectivity index (χ2n) is 7.75. The fraction of sp³-hybridized carbons (Fsp3) is 0.217. The van der Waals surface area contributed by atoms with Crippen LogP contribution in [0.1, 0.15) is 25.3 Å². The highest BCUT2D eigenvalue weighted by Gasteiger charge is 2.49. The van der Waals surface area contributed by atoms with Gasteiger partial charge in [0.25, 0.3) is 15.8 Å². The van der Waals surface area contributed by atoms with Gasteiger partial charge in [0.15, 0.2) is 5.92 Å². The van der Waals surface area contributed by atoms with Crippen molar-refractivity contribution in [2.45, 2.75) is 36.9 Å². The van der Waals surface area contributed by atoms with Crippen LogP contribution >= 0.6 is 0 Å². The van der Waals surface area contributed by atoms with Crippen molar-refractivity contribution >= 4 is 38.2 Å². The van der Waals surface area contributed by atoms with Crippen LogP contribution in [0.5, 0.6) is 5.75 Å². The minimum Gasteiger partial charge on any atom is -0.507 e. The van der Waals surface area contributed by atoms with Gasteiger partial charge in [0, 0.05) is 16.3 Å². The first-order valence-corrected chi connectivity index (χ1v) is 11.5. The van der Waals surface area contributed by atoms with Crippen LogP contribution in [-0.4, -0.2) is 37.6 Å². The van der Waals surface area contributed by atoms with Crippen molar-refractivity contribution in [3.8, 4) is 5.75 Å². The van der Waals surface area contributed by atoms with Gasteiger partial charge in [-0.25, -0.2) is 12.8 Å². The molecule has 3 aromatic rings. The number of ketones is 1. The third kappa shape index (κ3) is 5.53. The number of alkyl halides is 3. The summed E-state index contributed by atoms with van der Waals surface area (Å²) in [5.41, 5.74) is -1.12. The van der Waals surface area contributed by atoms with Crippen LogP contribution in [0.4, 0.5) is 23.2 Å². The van der Waals surface area contributed by atoms with Gasteiger partial charge in [-0.3, -0.25) is 14.3 Å². The summed E-state index contributed by atoms with van der Waals surface area (Å²) in [5, 5.41) is 10.7. The molecular weight excluding hydrogens is 494 g/mol. The number of fused-ring (bicyclic) bond motifs is 1. The lowest BCUT2D eigenvalue weighted by atomic mass is 9.90. The van der Waals surface area contributed by atoms with E-state index in [0.29, 0.717) is 0 Å². The lowest BCUT2D eigenvalue weighted by Gasteiger charge is -2.21. The first-order chi connectivity index (χ1) is 16.2. The largest absolute Gasteiger partial charge is 0.507 e. The summed E-state index contributed by atoms with van der Waals surface area (Å²) in [5.74, 6) is -8.20. The van der Waals surface area contributed by atoms with E-state index in [1.165, 1.54) is 38.1 Å². The number of phenols is 1. The molecule has 12 heteroatoms. The van der Waals surface area contributed by atoms with E-state index < -0.39 is 57.1 Å². The van der Waals surface area contributed by atoms with E-state index in [0.717, 1.165) is 30.3 Å². The van der Waals surface area contributed by atoms with Gasteiger partial charge >= 0.3 is 12.1 Å². The van der Waals surface area contributed by atoms with E-state index in [1.807, 2.05) is 0 Å². The molecule has 0 aliphatic carbocycles. The Balaban J connectivity index is 2.24. The van der Waals surface area contributed by atoms with Crippen LogP contribution in [0.3, 0.4) is 0 Å². The highest BCUT2D eigenvalue weighted by atomic mass is 32.2. The standard InChI is InChI=1S/C23H19F4NO6S/c1-12(2)34-22(31)19(21(30)23(25,26)27)17-11-18(15-5-3-4-6-16(15)20(17)29)28-35(32,33)14-9-7-13(24)8-10-14/h3-12,19,28-29H,1-2H3. The Morgan fingerprint density at radius 2 is 1.57 bits per heavy atom. The topological polar surface area (TPSA) is 110 Å². The SMILES string of the molecule is CC(C)OC(=O)C(C(=O)C(F)(F)F)c1cc(NS(=O)(=O)c2ccc(F)cc2)c2ccccc2c1O. The van der Waals surface area contributed by atoms with Crippen LogP contribution < -0.4 is 4.72 Å². The average Bonchev–Trinajstić information content (AvgIpc) is 2.76. The molecule has 0 aliphatic heterocycles. The number of anilines is 1. The normalized spacial score (nSPS) is 13.0. The number of Topliss-reactive ketones (excluding diaryl/α,β-unsaturated/α-hetero) is 1. The van der Waals surface area contributed by atoms with Crippen molar-refractivity contribution in [2.75, 3.05) is 4.72 Å². The molecule has 0 radical (unpaired) electrons. The lowest BCUT2D eigenvalue weighted by Crippen LogP contribution is -2.35. The van der Waals surface area contributed by atoms with Gasteiger partial charge in [-0.15, -0.1) is 0 Å². The van der Waals surface area contributed by atoms with Crippen LogP contribution in [0.15, 0.2) is 59.5 Å². The predicted molar refractivity (Wildman–Crippen MR) is 118 cm³/mol. The summed E-state index contributed by atoms with van der Waals surface area (Å²) >= 11 is 0. The Morgan fingerprint density at radius 1 is 1.00 bits per heavy atom. The number of nitrogens with one attached hydrogen (secondary N) is 1. The number of sulfonamides is 1.